The molecule has 98 valence electrons. The van der Waals surface area contributed by atoms with Crippen molar-refractivity contribution < 1.29 is 14.7 Å². The first-order valence-corrected chi connectivity index (χ1v) is 6.32. The van der Waals surface area contributed by atoms with Crippen molar-refractivity contribution in [3.05, 3.63) is 60.2 Å². The Hall–Kier alpha value is -2.68. The first kappa shape index (κ1) is 12.4. The van der Waals surface area contributed by atoms with Gasteiger partial charge in [0.25, 0.3) is 0 Å². The fourth-order valence-corrected chi connectivity index (χ4v) is 2.53. The zero-order valence-electron chi connectivity index (χ0n) is 10.7. The summed E-state index contributed by atoms with van der Waals surface area (Å²) >= 11 is 0. The zero-order valence-corrected chi connectivity index (χ0v) is 10.7. The summed E-state index contributed by atoms with van der Waals surface area (Å²) in [6, 6.07) is 17.5. The van der Waals surface area contributed by atoms with E-state index in [1.807, 2.05) is 48.5 Å². The van der Waals surface area contributed by atoms with Gasteiger partial charge >= 0.3 is 5.97 Å². The van der Waals surface area contributed by atoms with Crippen LogP contribution in [0.25, 0.3) is 21.5 Å². The van der Waals surface area contributed by atoms with Crippen LogP contribution in [0.3, 0.4) is 0 Å². The Morgan fingerprint density at radius 1 is 0.850 bits per heavy atom. The highest BCUT2D eigenvalue weighted by molar-refractivity contribution is 6.33. The van der Waals surface area contributed by atoms with E-state index >= 15 is 0 Å². The maximum Gasteiger partial charge on any atom is 0.372 e. The molecular formula is C17H12O3. The maximum atomic E-state index is 11.6. The van der Waals surface area contributed by atoms with Crippen LogP contribution in [0, 0.1) is 0 Å². The Kier molecular flexibility index (Phi) is 2.95. The molecule has 0 aliphatic rings. The van der Waals surface area contributed by atoms with Crippen LogP contribution in [-0.2, 0) is 16.0 Å². The molecule has 3 rings (SSSR count). The van der Waals surface area contributed by atoms with Gasteiger partial charge in [-0.2, -0.15) is 0 Å². The zero-order chi connectivity index (χ0) is 14.1. The minimum Gasteiger partial charge on any atom is -0.475 e. The molecular weight excluding hydrogens is 252 g/mol. The van der Waals surface area contributed by atoms with Gasteiger partial charge in [-0.1, -0.05) is 48.5 Å². The first-order valence-electron chi connectivity index (χ1n) is 6.32. The molecule has 0 saturated heterocycles. The summed E-state index contributed by atoms with van der Waals surface area (Å²) < 4.78 is 0. The van der Waals surface area contributed by atoms with Crippen molar-refractivity contribution in [2.24, 2.45) is 0 Å². The molecule has 0 saturated carbocycles. The number of carboxylic acids is 1. The van der Waals surface area contributed by atoms with E-state index in [1.54, 1.807) is 0 Å². The maximum absolute atomic E-state index is 11.6. The highest BCUT2D eigenvalue weighted by atomic mass is 16.4. The minimum absolute atomic E-state index is 0.0861. The molecule has 0 radical (unpaired) electrons. The molecule has 0 aromatic heterocycles. The van der Waals surface area contributed by atoms with E-state index in [0.717, 1.165) is 27.1 Å². The van der Waals surface area contributed by atoms with Gasteiger partial charge in [-0.15, -0.1) is 0 Å². The van der Waals surface area contributed by atoms with E-state index in [2.05, 4.69) is 6.07 Å². The number of carboxylic acid groups (broad SMARTS) is 1. The van der Waals surface area contributed by atoms with E-state index in [1.165, 1.54) is 0 Å². The monoisotopic (exact) mass is 264 g/mol. The van der Waals surface area contributed by atoms with Crippen LogP contribution in [0.2, 0.25) is 0 Å². The summed E-state index contributed by atoms with van der Waals surface area (Å²) in [6.07, 6.45) is -0.0861. The molecule has 0 bridgehead atoms. The van der Waals surface area contributed by atoms with Crippen molar-refractivity contribution in [2.75, 3.05) is 0 Å². The number of rotatable bonds is 3. The van der Waals surface area contributed by atoms with Crippen LogP contribution in [0.1, 0.15) is 5.56 Å². The number of aliphatic carboxylic acids is 1. The molecule has 1 N–H and O–H groups in total. The van der Waals surface area contributed by atoms with Gasteiger partial charge in [0.05, 0.1) is 0 Å². The highest BCUT2D eigenvalue weighted by Gasteiger charge is 2.16. The minimum atomic E-state index is -1.39. The van der Waals surface area contributed by atoms with Crippen molar-refractivity contribution in [3.63, 3.8) is 0 Å². The van der Waals surface area contributed by atoms with Crippen LogP contribution in [-0.4, -0.2) is 16.9 Å². The molecule has 3 heteroatoms. The number of benzene rings is 3. The lowest BCUT2D eigenvalue weighted by atomic mass is 9.94. The summed E-state index contributed by atoms with van der Waals surface area (Å²) in [6.45, 7) is 0. The third kappa shape index (κ3) is 2.03. The summed E-state index contributed by atoms with van der Waals surface area (Å²) in [4.78, 5) is 22.4. The summed E-state index contributed by atoms with van der Waals surface area (Å²) in [5.41, 5.74) is 0.783. The van der Waals surface area contributed by atoms with Gasteiger partial charge in [-0.05, 0) is 33.2 Å². The molecule has 0 fully saturated rings. The van der Waals surface area contributed by atoms with Crippen molar-refractivity contribution in [1.29, 1.82) is 0 Å². The second-order valence-corrected chi connectivity index (χ2v) is 4.70. The Balaban J connectivity index is 2.33. The Morgan fingerprint density at radius 3 is 1.85 bits per heavy atom. The lowest BCUT2D eigenvalue weighted by Gasteiger charge is -2.10. The molecule has 0 unspecified atom stereocenters. The van der Waals surface area contributed by atoms with Crippen molar-refractivity contribution >= 4 is 33.3 Å². The van der Waals surface area contributed by atoms with E-state index in [9.17, 15) is 9.59 Å². The lowest BCUT2D eigenvalue weighted by Crippen LogP contribution is -2.15. The van der Waals surface area contributed by atoms with Gasteiger partial charge in [-0.25, -0.2) is 4.79 Å². The summed E-state index contributed by atoms with van der Waals surface area (Å²) in [7, 11) is 0. The van der Waals surface area contributed by atoms with E-state index < -0.39 is 11.8 Å². The normalized spacial score (nSPS) is 10.8. The smallest absolute Gasteiger partial charge is 0.372 e. The molecule has 0 atom stereocenters. The SMILES string of the molecule is O=C(O)C(=O)Cc1c2ccccc2cc2ccccc12. The van der Waals surface area contributed by atoms with Gasteiger partial charge in [0.2, 0.25) is 5.78 Å². The number of carbonyl (C=O) groups is 2. The second-order valence-electron chi connectivity index (χ2n) is 4.70. The molecule has 3 nitrogen and oxygen atoms in total. The summed E-state index contributed by atoms with van der Waals surface area (Å²) in [5, 5.41) is 12.7. The topological polar surface area (TPSA) is 54.4 Å². The number of ketones is 1. The van der Waals surface area contributed by atoms with Crippen molar-refractivity contribution in [1.82, 2.24) is 0 Å². The number of Topliss-reactive ketones (excluding diaryl/α,β-unsaturated/α-hetero) is 1. The van der Waals surface area contributed by atoms with Crippen molar-refractivity contribution in [3.8, 4) is 0 Å². The molecule has 3 aromatic rings. The van der Waals surface area contributed by atoms with Crippen LogP contribution < -0.4 is 0 Å². The standard InChI is InChI=1S/C17H12O3/c18-16(17(19)20)10-15-13-7-3-1-5-11(13)9-12-6-2-4-8-14(12)15/h1-9H,10H2,(H,19,20). The lowest BCUT2D eigenvalue weighted by molar-refractivity contribution is -0.148. The van der Waals surface area contributed by atoms with Gasteiger partial charge in [0.15, 0.2) is 0 Å². The third-order valence-electron chi connectivity index (χ3n) is 3.46. The predicted molar refractivity (Wildman–Crippen MR) is 77.8 cm³/mol. The predicted octanol–water partition coefficient (Wildman–Crippen LogP) is 3.19. The molecule has 0 aliphatic carbocycles. The van der Waals surface area contributed by atoms with Gasteiger partial charge in [0, 0.05) is 6.42 Å². The summed E-state index contributed by atoms with van der Waals surface area (Å²) in [5.74, 6) is -2.17. The molecule has 0 heterocycles. The molecule has 20 heavy (non-hydrogen) atoms. The fourth-order valence-electron chi connectivity index (χ4n) is 2.53. The van der Waals surface area contributed by atoms with Gasteiger partial charge in [-0.3, -0.25) is 4.79 Å². The Labute approximate surface area is 115 Å². The Bertz CT molecular complexity index is 780. The average Bonchev–Trinajstić information content (AvgIpc) is 2.46. The van der Waals surface area contributed by atoms with E-state index in [0.29, 0.717) is 0 Å². The highest BCUT2D eigenvalue weighted by Crippen LogP contribution is 2.28. The third-order valence-corrected chi connectivity index (χ3v) is 3.46. The van der Waals surface area contributed by atoms with Crippen LogP contribution in [0.15, 0.2) is 54.6 Å². The second kappa shape index (κ2) is 4.78. The van der Waals surface area contributed by atoms with E-state index in [4.69, 9.17) is 5.11 Å². The van der Waals surface area contributed by atoms with Gasteiger partial charge < -0.3 is 5.11 Å². The van der Waals surface area contributed by atoms with Crippen LogP contribution >= 0.6 is 0 Å². The van der Waals surface area contributed by atoms with E-state index in [-0.39, 0.29) is 6.42 Å². The van der Waals surface area contributed by atoms with Crippen molar-refractivity contribution in [2.45, 2.75) is 6.42 Å². The first-order chi connectivity index (χ1) is 9.66. The molecule has 0 spiro atoms. The quantitative estimate of drug-likeness (QED) is 0.584. The number of hydrogen-bond acceptors (Lipinski definition) is 2. The largest absolute Gasteiger partial charge is 0.475 e. The number of fused-ring (bicyclic) bond motifs is 2. The molecule has 0 amide bonds. The van der Waals surface area contributed by atoms with Gasteiger partial charge in [0.1, 0.15) is 0 Å². The average molecular weight is 264 g/mol. The van der Waals surface area contributed by atoms with Crippen LogP contribution in [0.4, 0.5) is 0 Å². The molecule has 0 aliphatic heterocycles. The Morgan fingerprint density at radius 2 is 1.35 bits per heavy atom. The number of carbonyl (C=O) groups excluding carboxylic acids is 1. The van der Waals surface area contributed by atoms with Crippen LogP contribution in [0.5, 0.6) is 0 Å². The number of hydrogen-bond donors (Lipinski definition) is 1. The fraction of sp³-hybridized carbons (Fsp3) is 0.0588. The molecule has 3 aromatic carbocycles.